The maximum absolute atomic E-state index is 9.41. The number of hydrogen-bond donors (Lipinski definition) is 1. The molecule has 0 spiro atoms. The third-order valence-corrected chi connectivity index (χ3v) is 4.15. The maximum atomic E-state index is 9.41. The van der Waals surface area contributed by atoms with E-state index in [2.05, 4.69) is 25.6 Å². The summed E-state index contributed by atoms with van der Waals surface area (Å²) in [6.07, 6.45) is 9.07. The van der Waals surface area contributed by atoms with Gasteiger partial charge in [-0.2, -0.15) is 0 Å². The van der Waals surface area contributed by atoms with Crippen LogP contribution < -0.4 is 5.73 Å². The summed E-state index contributed by atoms with van der Waals surface area (Å²) in [7, 11) is 0. The zero-order valence-corrected chi connectivity index (χ0v) is 13.5. The Morgan fingerprint density at radius 1 is 1.24 bits per heavy atom. The average molecular weight is 287 g/mol. The standard InChI is InChI=1S/C15H23N.C4H6O/c1-2-3-12-4-6-13(7-5-12)14-8-10-15(16)11-9-14;1-4(2)3-5/h8-13H,2-7,16H2,1H3;3H,1H2,2H3. The van der Waals surface area contributed by atoms with E-state index < -0.39 is 0 Å². The van der Waals surface area contributed by atoms with E-state index in [1.807, 2.05) is 12.1 Å². The van der Waals surface area contributed by atoms with E-state index in [1.54, 1.807) is 6.92 Å². The number of carbonyl (C=O) groups excluding carboxylic acids is 1. The van der Waals surface area contributed by atoms with Crippen molar-refractivity contribution in [2.75, 3.05) is 5.73 Å². The van der Waals surface area contributed by atoms with E-state index in [9.17, 15) is 4.79 Å². The minimum absolute atomic E-state index is 0.574. The van der Waals surface area contributed by atoms with Gasteiger partial charge in [0, 0.05) is 5.69 Å². The van der Waals surface area contributed by atoms with Crippen LogP contribution in [-0.4, -0.2) is 6.29 Å². The third kappa shape index (κ3) is 6.61. The molecule has 0 saturated heterocycles. The number of benzene rings is 1. The number of nitrogens with two attached hydrogens (primary N) is 1. The van der Waals surface area contributed by atoms with E-state index in [4.69, 9.17) is 5.73 Å². The highest BCUT2D eigenvalue weighted by molar-refractivity contribution is 5.70. The van der Waals surface area contributed by atoms with Crippen molar-refractivity contribution in [3.63, 3.8) is 0 Å². The number of nitrogen functional groups attached to an aromatic ring is 1. The normalized spacial score (nSPS) is 21.0. The predicted molar refractivity (Wildman–Crippen MR) is 91.3 cm³/mol. The van der Waals surface area contributed by atoms with Crippen molar-refractivity contribution in [3.8, 4) is 0 Å². The van der Waals surface area contributed by atoms with Crippen LogP contribution in [0.1, 0.15) is 63.9 Å². The lowest BCUT2D eigenvalue weighted by Crippen LogP contribution is -2.13. The third-order valence-electron chi connectivity index (χ3n) is 4.15. The van der Waals surface area contributed by atoms with Crippen molar-refractivity contribution in [3.05, 3.63) is 42.0 Å². The number of allylic oxidation sites excluding steroid dienone is 1. The molecule has 0 heterocycles. The van der Waals surface area contributed by atoms with Gasteiger partial charge >= 0.3 is 0 Å². The Morgan fingerprint density at radius 2 is 1.76 bits per heavy atom. The monoisotopic (exact) mass is 287 g/mol. The van der Waals surface area contributed by atoms with E-state index in [0.717, 1.165) is 23.8 Å². The lowest BCUT2D eigenvalue weighted by atomic mass is 9.77. The van der Waals surface area contributed by atoms with Gasteiger partial charge in [-0.1, -0.05) is 38.5 Å². The van der Waals surface area contributed by atoms with Gasteiger partial charge in [0.15, 0.2) is 0 Å². The highest BCUT2D eigenvalue weighted by atomic mass is 16.1. The van der Waals surface area contributed by atoms with Crippen molar-refractivity contribution < 1.29 is 4.79 Å². The second-order valence-corrected chi connectivity index (χ2v) is 6.14. The van der Waals surface area contributed by atoms with Gasteiger partial charge in [-0.15, -0.1) is 0 Å². The molecule has 0 atom stereocenters. The van der Waals surface area contributed by atoms with Gasteiger partial charge in [0.05, 0.1) is 0 Å². The van der Waals surface area contributed by atoms with E-state index in [-0.39, 0.29) is 0 Å². The molecule has 0 unspecified atom stereocenters. The van der Waals surface area contributed by atoms with Crippen molar-refractivity contribution in [2.45, 2.75) is 58.3 Å². The first-order valence-corrected chi connectivity index (χ1v) is 8.02. The molecule has 1 aliphatic carbocycles. The van der Waals surface area contributed by atoms with Crippen molar-refractivity contribution in [2.24, 2.45) is 5.92 Å². The highest BCUT2D eigenvalue weighted by Crippen LogP contribution is 2.37. The Bertz CT molecular complexity index is 427. The van der Waals surface area contributed by atoms with Gasteiger partial charge < -0.3 is 5.73 Å². The molecule has 2 heteroatoms. The fraction of sp³-hybridized carbons (Fsp3) is 0.526. The molecule has 1 aromatic rings. The Morgan fingerprint density at radius 3 is 2.19 bits per heavy atom. The van der Waals surface area contributed by atoms with Crippen LogP contribution in [0.3, 0.4) is 0 Å². The average Bonchev–Trinajstić information content (AvgIpc) is 2.50. The lowest BCUT2D eigenvalue weighted by Gasteiger charge is -2.28. The van der Waals surface area contributed by atoms with Gasteiger partial charge in [0.25, 0.3) is 0 Å². The van der Waals surface area contributed by atoms with Gasteiger partial charge in [-0.3, -0.25) is 4.79 Å². The van der Waals surface area contributed by atoms with Crippen LogP contribution in [0.2, 0.25) is 0 Å². The van der Waals surface area contributed by atoms with Crippen molar-refractivity contribution in [1.82, 2.24) is 0 Å². The van der Waals surface area contributed by atoms with E-state index in [0.29, 0.717) is 5.57 Å². The summed E-state index contributed by atoms with van der Waals surface area (Å²) < 4.78 is 0. The molecule has 2 nitrogen and oxygen atoms in total. The summed E-state index contributed by atoms with van der Waals surface area (Å²) in [6.45, 7) is 7.26. The van der Waals surface area contributed by atoms with Gasteiger partial charge in [0.1, 0.15) is 6.29 Å². The molecule has 0 bridgehead atoms. The molecule has 0 aliphatic heterocycles. The van der Waals surface area contributed by atoms with Gasteiger partial charge in [0.2, 0.25) is 0 Å². The fourth-order valence-corrected chi connectivity index (χ4v) is 2.96. The second-order valence-electron chi connectivity index (χ2n) is 6.14. The molecule has 2 rings (SSSR count). The Hall–Kier alpha value is -1.57. The van der Waals surface area contributed by atoms with Crippen molar-refractivity contribution >= 4 is 12.0 Å². The molecule has 0 aromatic heterocycles. The Labute approximate surface area is 129 Å². The molecule has 116 valence electrons. The summed E-state index contributed by atoms with van der Waals surface area (Å²) in [4.78, 5) is 9.41. The quantitative estimate of drug-likeness (QED) is 0.475. The summed E-state index contributed by atoms with van der Waals surface area (Å²) in [6, 6.07) is 8.49. The molecule has 0 radical (unpaired) electrons. The van der Waals surface area contributed by atoms with Crippen LogP contribution in [0.4, 0.5) is 5.69 Å². The zero-order valence-electron chi connectivity index (χ0n) is 13.5. The topological polar surface area (TPSA) is 43.1 Å². The van der Waals surface area contributed by atoms with Crippen LogP contribution in [0.5, 0.6) is 0 Å². The minimum atomic E-state index is 0.574. The van der Waals surface area contributed by atoms with Crippen LogP contribution in [-0.2, 0) is 4.79 Å². The zero-order chi connectivity index (χ0) is 15.7. The van der Waals surface area contributed by atoms with Crippen molar-refractivity contribution in [1.29, 1.82) is 0 Å². The largest absolute Gasteiger partial charge is 0.399 e. The van der Waals surface area contributed by atoms with Crippen LogP contribution >= 0.6 is 0 Å². The second kappa shape index (κ2) is 9.38. The summed E-state index contributed by atoms with van der Waals surface area (Å²) in [5, 5.41) is 0. The number of carbonyl (C=O) groups is 1. The van der Waals surface area contributed by atoms with E-state index in [1.165, 1.54) is 44.1 Å². The maximum Gasteiger partial charge on any atom is 0.145 e. The summed E-state index contributed by atoms with van der Waals surface area (Å²) in [5.74, 6) is 1.78. The minimum Gasteiger partial charge on any atom is -0.399 e. The smallest absolute Gasteiger partial charge is 0.145 e. The van der Waals surface area contributed by atoms with E-state index >= 15 is 0 Å². The molecule has 21 heavy (non-hydrogen) atoms. The van der Waals surface area contributed by atoms with Gasteiger partial charge in [-0.05, 0) is 67.7 Å². The lowest BCUT2D eigenvalue weighted by molar-refractivity contribution is -0.104. The molecular weight excluding hydrogens is 258 g/mol. The molecule has 2 N–H and O–H groups in total. The number of rotatable bonds is 4. The van der Waals surface area contributed by atoms with Gasteiger partial charge in [-0.25, -0.2) is 0 Å². The first kappa shape index (κ1) is 17.5. The Kier molecular flexibility index (Phi) is 7.81. The van der Waals surface area contributed by atoms with Crippen LogP contribution in [0.25, 0.3) is 0 Å². The molecule has 1 aliphatic rings. The number of aldehydes is 1. The number of hydrogen-bond acceptors (Lipinski definition) is 2. The molecule has 0 amide bonds. The molecule has 1 fully saturated rings. The number of anilines is 1. The van der Waals surface area contributed by atoms with Crippen LogP contribution in [0, 0.1) is 5.92 Å². The summed E-state index contributed by atoms with van der Waals surface area (Å²) >= 11 is 0. The SMILES string of the molecule is C=C(C)C=O.CCCC1CCC(c2ccc(N)cc2)CC1. The first-order chi connectivity index (χ1) is 10.1. The Balaban J connectivity index is 0.000000383. The molecule has 1 saturated carbocycles. The van der Waals surface area contributed by atoms with Crippen LogP contribution in [0.15, 0.2) is 36.4 Å². The predicted octanol–water partition coefficient (Wildman–Crippen LogP) is 5.10. The molecule has 1 aromatic carbocycles. The summed E-state index contributed by atoms with van der Waals surface area (Å²) in [5.41, 5.74) is 8.66. The fourth-order valence-electron chi connectivity index (χ4n) is 2.96. The highest BCUT2D eigenvalue weighted by Gasteiger charge is 2.21. The first-order valence-electron chi connectivity index (χ1n) is 8.02. The molecular formula is C19H29NO.